The summed E-state index contributed by atoms with van der Waals surface area (Å²) in [6.07, 6.45) is 2.79. The fraction of sp³-hybridized carbons (Fsp3) is 0.227. The summed E-state index contributed by atoms with van der Waals surface area (Å²) in [7, 11) is 0. The number of carbonyl (C=O) groups is 2. The summed E-state index contributed by atoms with van der Waals surface area (Å²) in [4.78, 5) is 28.9. The lowest BCUT2D eigenvalue weighted by Crippen LogP contribution is -2.20. The van der Waals surface area contributed by atoms with Gasteiger partial charge in [0.15, 0.2) is 11.4 Å². The van der Waals surface area contributed by atoms with Crippen LogP contribution >= 0.6 is 11.3 Å². The summed E-state index contributed by atoms with van der Waals surface area (Å²) in [5.41, 5.74) is 3.89. The van der Waals surface area contributed by atoms with E-state index in [1.54, 1.807) is 12.1 Å². The van der Waals surface area contributed by atoms with Crippen LogP contribution in [0.2, 0.25) is 0 Å². The molecule has 0 saturated heterocycles. The van der Waals surface area contributed by atoms with Crippen molar-refractivity contribution in [3.05, 3.63) is 87.2 Å². The van der Waals surface area contributed by atoms with Crippen molar-refractivity contribution >= 4 is 23.2 Å². The molecule has 0 aliphatic heterocycles. The standard InChI is InChI=1S/C22H22N2O3S/c1-3-17-8-10-19(11-9-17)21(26)27-15-20(25)23-22-24(12-13-28-22)14-18-6-4-16(2)5-7-18/h4-13H,3,14-15H2,1-2H3. The van der Waals surface area contributed by atoms with Gasteiger partial charge in [-0.25, -0.2) is 4.79 Å². The third-order valence-electron chi connectivity index (χ3n) is 4.28. The maximum absolute atomic E-state index is 12.1. The number of hydrogen-bond donors (Lipinski definition) is 0. The average molecular weight is 394 g/mol. The van der Waals surface area contributed by atoms with Crippen LogP contribution in [0.3, 0.4) is 0 Å². The lowest BCUT2D eigenvalue weighted by atomic mass is 10.1. The van der Waals surface area contributed by atoms with Gasteiger partial charge in [-0.05, 0) is 36.6 Å². The minimum absolute atomic E-state index is 0.378. The van der Waals surface area contributed by atoms with Gasteiger partial charge in [0.05, 0.1) is 5.56 Å². The van der Waals surface area contributed by atoms with Gasteiger partial charge in [0.25, 0.3) is 5.91 Å². The number of thiazole rings is 1. The Morgan fingerprint density at radius 1 is 1.04 bits per heavy atom. The Morgan fingerprint density at radius 2 is 1.71 bits per heavy atom. The van der Waals surface area contributed by atoms with Crippen molar-refractivity contribution in [2.45, 2.75) is 26.8 Å². The minimum Gasteiger partial charge on any atom is -0.452 e. The summed E-state index contributed by atoms with van der Waals surface area (Å²) >= 11 is 1.37. The van der Waals surface area contributed by atoms with Crippen molar-refractivity contribution in [1.29, 1.82) is 0 Å². The van der Waals surface area contributed by atoms with E-state index < -0.39 is 11.9 Å². The van der Waals surface area contributed by atoms with Gasteiger partial charge in [-0.2, -0.15) is 4.99 Å². The van der Waals surface area contributed by atoms with Gasteiger partial charge in [-0.15, -0.1) is 11.3 Å². The van der Waals surface area contributed by atoms with Gasteiger partial charge in [0, 0.05) is 18.1 Å². The molecule has 0 aliphatic carbocycles. The molecule has 1 amide bonds. The summed E-state index contributed by atoms with van der Waals surface area (Å²) in [5, 5.41) is 1.88. The Bertz CT molecular complexity index is 1010. The zero-order valence-corrected chi connectivity index (χ0v) is 16.7. The molecule has 3 rings (SSSR count). The molecule has 0 unspecified atom stereocenters. The Labute approximate surface area is 168 Å². The van der Waals surface area contributed by atoms with Gasteiger partial charge in [-0.3, -0.25) is 4.79 Å². The number of aryl methyl sites for hydroxylation is 2. The summed E-state index contributed by atoms with van der Waals surface area (Å²) in [5.74, 6) is -1.01. The Morgan fingerprint density at radius 3 is 2.39 bits per heavy atom. The number of carbonyl (C=O) groups excluding carboxylic acids is 2. The quantitative estimate of drug-likeness (QED) is 0.598. The minimum atomic E-state index is -0.523. The van der Waals surface area contributed by atoms with Gasteiger partial charge >= 0.3 is 5.97 Å². The van der Waals surface area contributed by atoms with Crippen molar-refractivity contribution in [3.63, 3.8) is 0 Å². The third kappa shape index (κ3) is 5.27. The summed E-state index contributed by atoms with van der Waals surface area (Å²) in [6, 6.07) is 15.4. The number of rotatable bonds is 6. The van der Waals surface area contributed by atoms with Crippen LogP contribution in [-0.4, -0.2) is 23.1 Å². The number of ether oxygens (including phenoxy) is 1. The van der Waals surface area contributed by atoms with E-state index >= 15 is 0 Å². The molecular formula is C22H22N2O3S. The Hall–Kier alpha value is -2.99. The monoisotopic (exact) mass is 394 g/mol. The number of esters is 1. The average Bonchev–Trinajstić information content (AvgIpc) is 3.14. The molecule has 0 atom stereocenters. The Balaban J connectivity index is 1.62. The molecule has 28 heavy (non-hydrogen) atoms. The van der Waals surface area contributed by atoms with Crippen molar-refractivity contribution in [1.82, 2.24) is 4.57 Å². The molecule has 0 saturated carbocycles. The molecule has 2 aromatic carbocycles. The molecule has 0 aliphatic rings. The van der Waals surface area contributed by atoms with Crippen LogP contribution in [0.5, 0.6) is 0 Å². The highest BCUT2D eigenvalue weighted by molar-refractivity contribution is 7.07. The fourth-order valence-electron chi connectivity index (χ4n) is 2.62. The fourth-order valence-corrected chi connectivity index (χ4v) is 3.37. The molecule has 0 fully saturated rings. The van der Waals surface area contributed by atoms with Crippen LogP contribution in [0.15, 0.2) is 65.1 Å². The highest BCUT2D eigenvalue weighted by Gasteiger charge is 2.10. The van der Waals surface area contributed by atoms with E-state index in [4.69, 9.17) is 4.74 Å². The molecule has 1 heterocycles. The zero-order valence-electron chi connectivity index (χ0n) is 15.9. The van der Waals surface area contributed by atoms with Crippen molar-refractivity contribution in [2.75, 3.05) is 6.61 Å². The third-order valence-corrected chi connectivity index (χ3v) is 5.07. The van der Waals surface area contributed by atoms with Crippen molar-refractivity contribution in [2.24, 2.45) is 4.99 Å². The molecule has 0 bridgehead atoms. The van der Waals surface area contributed by atoms with E-state index in [-0.39, 0.29) is 6.61 Å². The number of aromatic nitrogens is 1. The molecule has 0 N–H and O–H groups in total. The second kappa shape index (κ2) is 9.28. The zero-order chi connectivity index (χ0) is 19.9. The number of benzene rings is 2. The first-order chi connectivity index (χ1) is 13.5. The predicted octanol–water partition coefficient (Wildman–Crippen LogP) is 3.75. The molecule has 1 aromatic heterocycles. The molecule has 0 radical (unpaired) electrons. The first-order valence-electron chi connectivity index (χ1n) is 9.08. The molecule has 3 aromatic rings. The van der Waals surface area contributed by atoms with Crippen LogP contribution in [0.4, 0.5) is 0 Å². The number of hydrogen-bond acceptors (Lipinski definition) is 4. The van der Waals surface area contributed by atoms with Crippen LogP contribution in [0.1, 0.15) is 34.0 Å². The van der Waals surface area contributed by atoms with Crippen LogP contribution in [0.25, 0.3) is 0 Å². The first-order valence-corrected chi connectivity index (χ1v) is 9.96. The Kier molecular flexibility index (Phi) is 6.55. The lowest BCUT2D eigenvalue weighted by Gasteiger charge is -2.05. The second-order valence-corrected chi connectivity index (χ2v) is 7.30. The molecule has 5 nitrogen and oxygen atoms in total. The van der Waals surface area contributed by atoms with Gasteiger partial charge in [0.2, 0.25) is 0 Å². The summed E-state index contributed by atoms with van der Waals surface area (Å²) in [6.45, 7) is 4.33. The van der Waals surface area contributed by atoms with Crippen molar-refractivity contribution < 1.29 is 14.3 Å². The van der Waals surface area contributed by atoms with Gasteiger partial charge < -0.3 is 9.30 Å². The predicted molar refractivity (Wildman–Crippen MR) is 109 cm³/mol. The second-order valence-electron chi connectivity index (χ2n) is 6.43. The first kappa shape index (κ1) is 19.8. The van der Waals surface area contributed by atoms with Crippen LogP contribution in [-0.2, 0) is 22.5 Å². The topological polar surface area (TPSA) is 60.7 Å². The maximum Gasteiger partial charge on any atom is 0.338 e. The van der Waals surface area contributed by atoms with Gasteiger partial charge in [-0.1, -0.05) is 48.9 Å². The normalized spacial score (nSPS) is 11.4. The molecule has 144 valence electrons. The molecular weight excluding hydrogens is 372 g/mol. The molecule has 6 heteroatoms. The highest BCUT2D eigenvalue weighted by atomic mass is 32.1. The smallest absolute Gasteiger partial charge is 0.338 e. The van der Waals surface area contributed by atoms with Crippen LogP contribution < -0.4 is 4.80 Å². The van der Waals surface area contributed by atoms with Gasteiger partial charge in [0.1, 0.15) is 0 Å². The summed E-state index contributed by atoms with van der Waals surface area (Å²) < 4.78 is 7.00. The van der Waals surface area contributed by atoms with E-state index in [0.29, 0.717) is 16.9 Å². The van der Waals surface area contributed by atoms with E-state index in [1.165, 1.54) is 16.9 Å². The number of amides is 1. The maximum atomic E-state index is 12.1. The van der Waals surface area contributed by atoms with E-state index in [0.717, 1.165) is 17.5 Å². The van der Waals surface area contributed by atoms with Crippen LogP contribution in [0, 0.1) is 6.92 Å². The SMILES string of the molecule is CCc1ccc(C(=O)OCC(=O)N=c2sccn2Cc2ccc(C)cc2)cc1. The lowest BCUT2D eigenvalue weighted by molar-refractivity contribution is -0.121. The number of nitrogens with zero attached hydrogens (tertiary/aromatic N) is 2. The molecule has 0 spiro atoms. The largest absolute Gasteiger partial charge is 0.452 e. The van der Waals surface area contributed by atoms with Crippen molar-refractivity contribution in [3.8, 4) is 0 Å². The van der Waals surface area contributed by atoms with E-state index in [1.807, 2.05) is 42.1 Å². The van der Waals surface area contributed by atoms with E-state index in [2.05, 4.69) is 29.3 Å². The van der Waals surface area contributed by atoms with E-state index in [9.17, 15) is 9.59 Å². The highest BCUT2D eigenvalue weighted by Crippen LogP contribution is 2.07.